The largest absolute Gasteiger partial charge is 3.00 e. The zero-order chi connectivity index (χ0) is 99.0. The van der Waals surface area contributed by atoms with E-state index in [0.717, 1.165) is 12.8 Å². The van der Waals surface area contributed by atoms with Gasteiger partial charge in [-0.05, 0) is 13.8 Å². The molecule has 6 atom stereocenters. The number of hydrogen-bond acceptors (Lipinski definition) is 40. The van der Waals surface area contributed by atoms with Crippen molar-refractivity contribution >= 4 is 95.3 Å². The van der Waals surface area contributed by atoms with Crippen molar-refractivity contribution in [3.63, 3.8) is 0 Å². The summed E-state index contributed by atoms with van der Waals surface area (Å²) < 4.78 is 0. The molecule has 4 radical (unpaired) electrons. The van der Waals surface area contributed by atoms with E-state index in [1.165, 1.54) is 96.1 Å². The van der Waals surface area contributed by atoms with E-state index in [2.05, 4.69) is 35.1 Å². The van der Waals surface area contributed by atoms with E-state index < -0.39 is 147 Å². The van der Waals surface area contributed by atoms with E-state index in [9.17, 15) is 128 Å². The van der Waals surface area contributed by atoms with Crippen LogP contribution in [0, 0.1) is 215 Å². The van der Waals surface area contributed by atoms with Gasteiger partial charge in [0.15, 0.2) is 0 Å². The Morgan fingerprint density at radius 3 is 0.582 bits per heavy atom. The van der Waals surface area contributed by atoms with Gasteiger partial charge in [0.2, 0.25) is 0 Å². The van der Waals surface area contributed by atoms with Crippen LogP contribution in [0.5, 0.6) is 0 Å². The predicted octanol–water partition coefficient (Wildman–Crippen LogP) is -9.06. The molecule has 2 aliphatic heterocycles. The Morgan fingerprint density at radius 2 is 0.452 bits per heavy atom. The Hall–Kier alpha value is -1.31. The normalized spacial score (nSPS) is 16.7. The number of hydrogen-bond donors (Lipinski definition) is 6. The first-order valence-corrected chi connectivity index (χ1v) is 42.6. The summed E-state index contributed by atoms with van der Waals surface area (Å²) in [7, 11) is 5.08. The Bertz CT molecular complexity index is 3030. The second-order valence-corrected chi connectivity index (χ2v) is 31.7. The number of aliphatic carboxylic acids is 12. The second-order valence-electron chi connectivity index (χ2n) is 31.7. The van der Waals surface area contributed by atoms with Gasteiger partial charge in [0.1, 0.15) is 0 Å². The molecule has 876 valence electrons. The van der Waals surface area contributed by atoms with Crippen LogP contribution < -0.4 is 40.9 Å². The number of carbonyl (C=O) groups excluding carboxylic acids is 12. The van der Waals surface area contributed by atoms with Gasteiger partial charge in [0.05, 0.1) is 110 Å². The van der Waals surface area contributed by atoms with Crippen molar-refractivity contribution in [1.82, 2.24) is 68.6 Å². The maximum Gasteiger partial charge on any atom is 3.00 e. The van der Waals surface area contributed by atoms with Crippen molar-refractivity contribution in [2.75, 3.05) is 303 Å². The first-order valence-electron chi connectivity index (χ1n) is 42.6. The third-order valence-corrected chi connectivity index (χ3v) is 20.3. The second kappa shape index (κ2) is 113. The zero-order valence-corrected chi connectivity index (χ0v) is 103. The Labute approximate surface area is 1050 Å². The van der Waals surface area contributed by atoms with Gasteiger partial charge in [-0.1, -0.05) is 51.4 Å². The van der Waals surface area contributed by atoms with Gasteiger partial charge in [0, 0.05) is 333 Å². The molecule has 2 heterocycles. The fourth-order valence-corrected chi connectivity index (χ4v) is 13.4. The molecule has 0 bridgehead atoms. The van der Waals surface area contributed by atoms with Gasteiger partial charge in [-0.2, -0.15) is 23.9 Å². The van der Waals surface area contributed by atoms with Crippen LogP contribution in [-0.2, 0) is 161 Å². The molecule has 0 aromatic heterocycles. The summed E-state index contributed by atoms with van der Waals surface area (Å²) in [6.07, 6.45) is 8.43. The minimum atomic E-state index is -1.40. The van der Waals surface area contributed by atoms with E-state index in [4.69, 9.17) is 31.9 Å². The molecule has 16 N–H and O–H groups in total. The van der Waals surface area contributed by atoms with Gasteiger partial charge >= 0.3 is 184 Å². The van der Waals surface area contributed by atoms with Gasteiger partial charge < -0.3 is 230 Å². The molecule has 4 aliphatic rings. The van der Waals surface area contributed by atoms with Crippen molar-refractivity contribution in [3.8, 4) is 0 Å². The zero-order valence-electron chi connectivity index (χ0n) is 84.8. The van der Waals surface area contributed by atoms with Crippen LogP contribution in [-0.4, -0.2) is 522 Å². The maximum absolute atomic E-state index is 11.4. The standard InChI is InChI=1S/2C17H32N4O7.2C16H29N5O8.2C7H13N.4CH3.4Gd.4H2N.4Pt/c2*1-14(22)10-18-2-4-19(11-15(23)24)6-8-21(13-17(27)28)9-7-20(5-3-18)12-16(25)26;2*1-17-12(22)7-20(10-15(26)27)5-3-19(9-14(24)25)4-6-21(11-16(28)29)8-13(23)18-2;2*1-6-4-2-3-5-7(6)8;;;;;;;;;;;;;;;;/h2*14,22H,2-13H2,1H3,(H,23,24)(H,25,26)(H,27,28);2*3-11H2,1-2H3,(H5,17,18,22,23,24,25,26,27,28,29);2*6-8H,1-5H2;4*1H3;;;;;4*1H2;;;;/q;;;;2*-2;4*-1;4*+3;4*-1;;;;/p-12. The summed E-state index contributed by atoms with van der Waals surface area (Å²) in [5, 5.41) is 157. The maximum atomic E-state index is 11.4. The molecule has 2 saturated heterocycles. The van der Waals surface area contributed by atoms with Crippen molar-refractivity contribution in [2.24, 2.45) is 11.8 Å². The van der Waals surface area contributed by atoms with E-state index in [-0.39, 0.29) is 428 Å². The summed E-state index contributed by atoms with van der Waals surface area (Å²) in [5.41, 5.74) is 14.8. The molecule has 4 fully saturated rings. The molecule has 0 aromatic rings. The molecule has 0 spiro atoms. The minimum Gasteiger partial charge on any atom is -0.693 e. The number of amides is 4. The number of aliphatic hydroxyl groups excluding tert-OH is 2. The summed E-state index contributed by atoms with van der Waals surface area (Å²) in [6, 6.07) is 0.285. The molecule has 4 rings (SSSR count). The van der Waals surface area contributed by atoms with E-state index in [0.29, 0.717) is 130 Å². The molecule has 146 heavy (non-hydrogen) atoms. The molecule has 2 saturated carbocycles. The number of carboxylic acid groups (broad SMARTS) is 12. The number of nitrogens with zero attached hydrogens (tertiary/aromatic N) is 18. The average Bonchev–Trinajstić information content (AvgIpc) is 1.66. The number of carbonyl (C=O) groups is 16. The summed E-state index contributed by atoms with van der Waals surface area (Å²) >= 11 is 0. The fraction of sp³-hybridized carbons (Fsp3) is 0.738. The molecule has 0 aromatic carbocycles. The first-order chi connectivity index (χ1) is 61.0. The van der Waals surface area contributed by atoms with Crippen LogP contribution in [0.1, 0.15) is 65.2 Å². The molecule has 6 unspecified atom stereocenters. The van der Waals surface area contributed by atoms with Crippen molar-refractivity contribution < 1.29 is 392 Å². The van der Waals surface area contributed by atoms with Gasteiger partial charge in [-0.3, -0.25) is 87.8 Å². The Balaban J connectivity index is -0.0000000855. The van der Waals surface area contributed by atoms with Crippen LogP contribution in [0.25, 0.3) is 57.3 Å². The average molecular weight is 3390 g/mol. The smallest absolute Gasteiger partial charge is 0.693 e. The van der Waals surface area contributed by atoms with Gasteiger partial charge in [0.25, 0.3) is 0 Å². The molecule has 62 heteroatoms. The number of rotatable bonds is 48. The molecular weight excluding hydrogens is 3230 g/mol. The topological polar surface area (TPSA) is 862 Å². The molecule has 4 amide bonds. The molecular formula is C84H156Gd4N24O30Pt4-12. The molecule has 2 aliphatic carbocycles. The number of nitrogens with one attached hydrogen (secondary N) is 2. The predicted molar refractivity (Wildman–Crippen MR) is 499 cm³/mol. The third-order valence-electron chi connectivity index (χ3n) is 20.3. The van der Waals surface area contributed by atoms with E-state index in [1.807, 2.05) is 9.80 Å². The van der Waals surface area contributed by atoms with Crippen LogP contribution in [0.3, 0.4) is 0 Å². The van der Waals surface area contributed by atoms with Crippen LogP contribution >= 0.6 is 0 Å². The van der Waals surface area contributed by atoms with Crippen molar-refractivity contribution in [2.45, 2.75) is 89.5 Å². The van der Waals surface area contributed by atoms with Crippen LogP contribution in [0.2, 0.25) is 0 Å². The minimum absolute atomic E-state index is 0. The Morgan fingerprint density at radius 1 is 0.288 bits per heavy atom. The fourth-order valence-electron chi connectivity index (χ4n) is 13.4. The van der Waals surface area contributed by atoms with Crippen LogP contribution in [0.4, 0.5) is 0 Å². The van der Waals surface area contributed by atoms with Gasteiger partial charge in [-0.15, -0.1) is 28.2 Å². The van der Waals surface area contributed by atoms with Crippen LogP contribution in [0.15, 0.2) is 0 Å². The van der Waals surface area contributed by atoms with Crippen molar-refractivity contribution in [1.29, 1.82) is 0 Å². The Kier molecular flexibility index (Phi) is 144. The number of likely N-dealkylation sites (N-methyl/N-ethyl adjacent to an activating group) is 4. The molecule has 54 nitrogen and oxygen atoms in total. The quantitative estimate of drug-likeness (QED) is 0.0308. The van der Waals surface area contributed by atoms with Gasteiger partial charge in [-0.25, -0.2) is 0 Å². The number of carboxylic acids is 12. The SMILES string of the molecule is CC(O)CN1CCN(CC(=O)[O-])CCN(CC(=O)O)CCN(CC(=O)[O-])CC1.CC(O)CN1CCN(CC(=O)[O-])CCN(CC(=O)O)CCN(CC(=O)[O-])CC1.C[N-]C(=O)CN(CCN(CCN(CC(=O)[O-])CC(=O)[N-]C)CC(=O)O)CC(=O)[O-].C[N-]C(=O)CN(CCN(CCN(CC(=O)[O-])CC(=O)[N-]C)CC(=O)O)CC(=O)[O-].[CH2-]C1CCCCC1[NH-].[CH2-]C1CCCCC1[NH-].[CH3-].[CH3-].[CH3-].[CH3-].[Gd+3].[Gd+3].[Gd+3].[Gd+3].[NH2-].[NH2-].[NH2-].[NH2-].[Pt].[Pt].[Pt].[Pt]. The van der Waals surface area contributed by atoms with E-state index in [1.54, 1.807) is 43.2 Å². The number of nitrogens with two attached hydrogens (primary N) is 4. The monoisotopic (exact) mass is 3390 g/mol. The van der Waals surface area contributed by atoms with E-state index >= 15 is 0 Å². The number of aliphatic hydroxyl groups is 2. The first kappa shape index (κ1) is 186. The van der Waals surface area contributed by atoms with Crippen molar-refractivity contribution in [3.05, 3.63) is 101 Å². The summed E-state index contributed by atoms with van der Waals surface area (Å²) in [6.45, 7) is 13.0. The number of β-amino-alcohol motifs (C(OH)–C–C–N with tert-alkyl or cyclic N) is 2. The summed E-state index contributed by atoms with van der Waals surface area (Å²) in [4.78, 5) is 199. The third kappa shape index (κ3) is 111. The summed E-state index contributed by atoms with van der Waals surface area (Å²) in [5.74, 6) is -16.1.